The van der Waals surface area contributed by atoms with E-state index in [2.05, 4.69) is 4.98 Å². The molecule has 86 valence electrons. The average molecular weight is 246 g/mol. The van der Waals surface area contributed by atoms with Gasteiger partial charge < -0.3 is 10.6 Å². The van der Waals surface area contributed by atoms with E-state index in [4.69, 9.17) is 17.3 Å². The first-order valence-corrected chi connectivity index (χ1v) is 5.36. The molecule has 1 aromatic heterocycles. The molecule has 2 heterocycles. The minimum Gasteiger partial charge on any atom is -0.399 e. The monoisotopic (exact) mass is 245 g/mol. The van der Waals surface area contributed by atoms with Gasteiger partial charge in [0, 0.05) is 31.3 Å². The largest absolute Gasteiger partial charge is 0.399 e. The van der Waals surface area contributed by atoms with Gasteiger partial charge in [0.05, 0.1) is 5.41 Å². The maximum Gasteiger partial charge on any atom is 0.258 e. The predicted octanol–water partition coefficient (Wildman–Crippen LogP) is 2.16. The van der Waals surface area contributed by atoms with Gasteiger partial charge in [0.2, 0.25) is 0 Å². The second kappa shape index (κ2) is 2.77. The van der Waals surface area contributed by atoms with Gasteiger partial charge in [-0.2, -0.15) is 0 Å². The molecule has 1 aliphatic carbocycles. The van der Waals surface area contributed by atoms with E-state index in [-0.39, 0.29) is 6.42 Å². The molecule has 1 aliphatic heterocycles. The first-order chi connectivity index (χ1) is 7.42. The number of pyridine rings is 1. The highest BCUT2D eigenvalue weighted by molar-refractivity contribution is 6.29. The van der Waals surface area contributed by atoms with Crippen molar-refractivity contribution >= 4 is 23.1 Å². The van der Waals surface area contributed by atoms with E-state index in [1.165, 1.54) is 6.07 Å². The Kier molecular flexibility index (Phi) is 1.74. The molecular weight excluding hydrogens is 236 g/mol. The van der Waals surface area contributed by atoms with Crippen LogP contribution in [0.3, 0.4) is 0 Å². The summed E-state index contributed by atoms with van der Waals surface area (Å²) in [5.74, 6) is -1.91. The van der Waals surface area contributed by atoms with Gasteiger partial charge in [0.15, 0.2) is 0 Å². The van der Waals surface area contributed by atoms with E-state index >= 15 is 0 Å². The molecule has 0 aromatic carbocycles. The van der Waals surface area contributed by atoms with Gasteiger partial charge in [-0.15, -0.1) is 0 Å². The summed E-state index contributed by atoms with van der Waals surface area (Å²) in [5.41, 5.74) is 5.31. The maximum absolute atomic E-state index is 13.0. The number of halogens is 3. The van der Waals surface area contributed by atoms with Crippen molar-refractivity contribution in [2.24, 2.45) is 5.41 Å². The Morgan fingerprint density at radius 2 is 2.00 bits per heavy atom. The highest BCUT2D eigenvalue weighted by atomic mass is 35.5. The van der Waals surface area contributed by atoms with Crippen LogP contribution < -0.4 is 10.6 Å². The van der Waals surface area contributed by atoms with Crippen LogP contribution >= 0.6 is 11.6 Å². The molecule has 1 saturated carbocycles. The third-order valence-corrected chi connectivity index (χ3v) is 3.52. The second-order valence-corrected chi connectivity index (χ2v) is 4.99. The van der Waals surface area contributed by atoms with Crippen LogP contribution in [0.1, 0.15) is 6.42 Å². The van der Waals surface area contributed by atoms with Crippen LogP contribution in [-0.2, 0) is 0 Å². The van der Waals surface area contributed by atoms with Crippen molar-refractivity contribution in [3.8, 4) is 0 Å². The van der Waals surface area contributed by atoms with E-state index in [1.54, 1.807) is 11.0 Å². The van der Waals surface area contributed by atoms with Gasteiger partial charge in [-0.05, 0) is 6.07 Å². The molecular formula is C10H10ClF2N3. The lowest BCUT2D eigenvalue weighted by Crippen LogP contribution is -2.51. The Morgan fingerprint density at radius 1 is 1.38 bits per heavy atom. The molecule has 2 N–H and O–H groups in total. The zero-order valence-electron chi connectivity index (χ0n) is 8.38. The maximum atomic E-state index is 13.0. The zero-order valence-corrected chi connectivity index (χ0v) is 9.14. The van der Waals surface area contributed by atoms with Gasteiger partial charge in [-0.1, -0.05) is 11.6 Å². The smallest absolute Gasteiger partial charge is 0.258 e. The summed E-state index contributed by atoms with van der Waals surface area (Å²) in [6, 6.07) is 3.19. The lowest BCUT2D eigenvalue weighted by atomic mass is 9.96. The number of aromatic nitrogens is 1. The van der Waals surface area contributed by atoms with Crippen molar-refractivity contribution in [1.82, 2.24) is 4.98 Å². The van der Waals surface area contributed by atoms with E-state index in [0.29, 0.717) is 29.7 Å². The first-order valence-electron chi connectivity index (χ1n) is 4.98. The Labute approximate surface area is 96.2 Å². The van der Waals surface area contributed by atoms with Gasteiger partial charge >= 0.3 is 0 Å². The van der Waals surface area contributed by atoms with E-state index in [1.807, 2.05) is 0 Å². The number of hydrogen-bond acceptors (Lipinski definition) is 3. The van der Waals surface area contributed by atoms with Crippen LogP contribution in [0.4, 0.5) is 20.3 Å². The van der Waals surface area contributed by atoms with E-state index in [0.717, 1.165) is 0 Å². The molecule has 6 heteroatoms. The van der Waals surface area contributed by atoms with Crippen LogP contribution in [0.5, 0.6) is 0 Å². The van der Waals surface area contributed by atoms with Crippen LogP contribution in [0.2, 0.25) is 5.15 Å². The molecule has 3 rings (SSSR count). The normalized spacial score (nSPS) is 24.3. The highest BCUT2D eigenvalue weighted by Crippen LogP contribution is 2.65. The van der Waals surface area contributed by atoms with Crippen LogP contribution in [0.15, 0.2) is 12.1 Å². The Hall–Kier alpha value is -1.10. The highest BCUT2D eigenvalue weighted by Gasteiger charge is 2.76. The first kappa shape index (κ1) is 10.1. The molecule has 1 aromatic rings. The number of nitrogens with two attached hydrogens (primary N) is 1. The molecule has 0 atom stereocenters. The number of alkyl halides is 2. The number of nitrogens with zero attached hydrogens (tertiary/aromatic N) is 2. The summed E-state index contributed by atoms with van der Waals surface area (Å²) in [6.45, 7) is 0.680. The third-order valence-electron chi connectivity index (χ3n) is 3.33. The number of anilines is 2. The summed E-state index contributed by atoms with van der Waals surface area (Å²) < 4.78 is 26.0. The van der Waals surface area contributed by atoms with Crippen molar-refractivity contribution in [3.05, 3.63) is 17.3 Å². The second-order valence-electron chi connectivity index (χ2n) is 4.60. The molecule has 0 bridgehead atoms. The molecule has 0 amide bonds. The SMILES string of the molecule is Nc1cc(Cl)nc(N2CC3(C2)CC3(F)F)c1. The molecule has 2 aliphatic rings. The van der Waals surface area contributed by atoms with Gasteiger partial charge in [-0.3, -0.25) is 0 Å². The molecule has 3 nitrogen and oxygen atoms in total. The van der Waals surface area contributed by atoms with Crippen molar-refractivity contribution in [2.45, 2.75) is 12.3 Å². The zero-order chi connectivity index (χ0) is 11.6. The minimum atomic E-state index is -2.49. The fourth-order valence-corrected chi connectivity index (χ4v) is 2.45. The quantitative estimate of drug-likeness (QED) is 0.771. The molecule has 0 unspecified atom stereocenters. The molecule has 2 fully saturated rings. The van der Waals surface area contributed by atoms with E-state index in [9.17, 15) is 8.78 Å². The van der Waals surface area contributed by atoms with Crippen molar-refractivity contribution in [2.75, 3.05) is 23.7 Å². The summed E-state index contributed by atoms with van der Waals surface area (Å²) >= 11 is 5.75. The van der Waals surface area contributed by atoms with Gasteiger partial charge in [0.1, 0.15) is 11.0 Å². The third kappa shape index (κ3) is 1.27. The molecule has 1 spiro atoms. The summed E-state index contributed by atoms with van der Waals surface area (Å²) in [7, 11) is 0. The topological polar surface area (TPSA) is 42.1 Å². The summed E-state index contributed by atoms with van der Waals surface area (Å²) in [4.78, 5) is 5.84. The Balaban J connectivity index is 1.77. The predicted molar refractivity (Wildman–Crippen MR) is 57.9 cm³/mol. The van der Waals surface area contributed by atoms with Crippen molar-refractivity contribution in [1.29, 1.82) is 0 Å². The molecule has 1 saturated heterocycles. The van der Waals surface area contributed by atoms with Crippen LogP contribution in [0.25, 0.3) is 0 Å². The minimum absolute atomic E-state index is 0.00739. The van der Waals surface area contributed by atoms with Crippen molar-refractivity contribution in [3.63, 3.8) is 0 Å². The average Bonchev–Trinajstić information content (AvgIpc) is 2.64. The van der Waals surface area contributed by atoms with Crippen LogP contribution in [-0.4, -0.2) is 24.0 Å². The lowest BCUT2D eigenvalue weighted by molar-refractivity contribution is 0.0518. The number of nitrogen functional groups attached to an aromatic ring is 1. The molecule has 16 heavy (non-hydrogen) atoms. The Morgan fingerprint density at radius 3 is 2.50 bits per heavy atom. The molecule has 0 radical (unpaired) electrons. The van der Waals surface area contributed by atoms with Gasteiger partial charge in [-0.25, -0.2) is 13.8 Å². The fraction of sp³-hybridized carbons (Fsp3) is 0.500. The van der Waals surface area contributed by atoms with Crippen molar-refractivity contribution < 1.29 is 8.78 Å². The van der Waals surface area contributed by atoms with Crippen LogP contribution in [0, 0.1) is 5.41 Å². The Bertz CT molecular complexity index is 437. The standard InChI is InChI=1S/C10H10ClF2N3/c11-7-1-6(14)2-8(15-7)16-4-9(5-16)3-10(9,12)13/h1-2H,3-5H2,(H2,14,15). The number of hydrogen-bond donors (Lipinski definition) is 1. The fourth-order valence-electron chi connectivity index (χ4n) is 2.23. The van der Waals surface area contributed by atoms with Gasteiger partial charge in [0.25, 0.3) is 5.92 Å². The number of rotatable bonds is 1. The lowest BCUT2D eigenvalue weighted by Gasteiger charge is -2.40. The summed E-state index contributed by atoms with van der Waals surface area (Å²) in [5, 5.41) is 0.290. The summed E-state index contributed by atoms with van der Waals surface area (Å²) in [6.07, 6.45) is -0.00739. The van der Waals surface area contributed by atoms with E-state index < -0.39 is 11.3 Å².